The summed E-state index contributed by atoms with van der Waals surface area (Å²) < 4.78 is 51.5. The SMILES string of the molecule is O=C(CN1CC(c2ncc(Cl)cn2)C(c2ccc(F)cc2)=N1)Nc1ccc(C(F)(F)F)cc1. The van der Waals surface area contributed by atoms with Crippen molar-refractivity contribution in [2.75, 3.05) is 18.4 Å². The highest BCUT2D eigenvalue weighted by atomic mass is 35.5. The Balaban J connectivity index is 1.50. The summed E-state index contributed by atoms with van der Waals surface area (Å²) in [6.07, 6.45) is -1.55. The van der Waals surface area contributed by atoms with Crippen molar-refractivity contribution in [3.63, 3.8) is 0 Å². The maximum absolute atomic E-state index is 13.4. The normalized spacial score (nSPS) is 16.0. The van der Waals surface area contributed by atoms with E-state index in [1.165, 1.54) is 41.7 Å². The van der Waals surface area contributed by atoms with E-state index in [4.69, 9.17) is 11.6 Å². The number of carbonyl (C=O) groups is 1. The van der Waals surface area contributed by atoms with Crippen LogP contribution in [0.1, 0.15) is 22.9 Å². The Hall–Kier alpha value is -3.53. The molecule has 1 unspecified atom stereocenters. The van der Waals surface area contributed by atoms with Gasteiger partial charge >= 0.3 is 6.18 Å². The van der Waals surface area contributed by atoms with Gasteiger partial charge in [0.05, 0.1) is 28.8 Å². The van der Waals surface area contributed by atoms with Crippen LogP contribution in [0.4, 0.5) is 23.2 Å². The Morgan fingerprint density at radius 3 is 2.30 bits per heavy atom. The summed E-state index contributed by atoms with van der Waals surface area (Å²) in [7, 11) is 0. The van der Waals surface area contributed by atoms with Gasteiger partial charge in [0.1, 0.15) is 18.2 Å². The number of hydrogen-bond acceptors (Lipinski definition) is 5. The number of rotatable bonds is 5. The monoisotopic (exact) mass is 477 g/mol. The smallest absolute Gasteiger partial charge is 0.324 e. The number of hydrogen-bond donors (Lipinski definition) is 1. The van der Waals surface area contributed by atoms with Crippen LogP contribution in [0.3, 0.4) is 0 Å². The van der Waals surface area contributed by atoms with Crippen molar-refractivity contribution in [2.45, 2.75) is 12.1 Å². The molecule has 33 heavy (non-hydrogen) atoms. The number of halogens is 5. The van der Waals surface area contributed by atoms with Gasteiger partial charge in [-0.2, -0.15) is 18.3 Å². The first-order chi connectivity index (χ1) is 15.7. The molecular formula is C22H16ClF4N5O. The lowest BCUT2D eigenvalue weighted by molar-refractivity contribution is -0.137. The molecule has 0 aliphatic carbocycles. The van der Waals surface area contributed by atoms with Crippen molar-refractivity contribution in [1.29, 1.82) is 0 Å². The molecule has 170 valence electrons. The van der Waals surface area contributed by atoms with Gasteiger partial charge in [0.15, 0.2) is 0 Å². The summed E-state index contributed by atoms with van der Waals surface area (Å²) in [6, 6.07) is 9.90. The predicted molar refractivity (Wildman–Crippen MR) is 114 cm³/mol. The fourth-order valence-electron chi connectivity index (χ4n) is 3.35. The fourth-order valence-corrected chi connectivity index (χ4v) is 3.45. The molecule has 3 aromatic rings. The van der Waals surface area contributed by atoms with Gasteiger partial charge in [-0.3, -0.25) is 9.80 Å². The van der Waals surface area contributed by atoms with Crippen LogP contribution < -0.4 is 5.32 Å². The van der Waals surface area contributed by atoms with Crippen LogP contribution in [0.15, 0.2) is 66.0 Å². The van der Waals surface area contributed by atoms with Crippen molar-refractivity contribution in [3.8, 4) is 0 Å². The Morgan fingerprint density at radius 2 is 1.70 bits per heavy atom. The first-order valence-electron chi connectivity index (χ1n) is 9.73. The highest BCUT2D eigenvalue weighted by Gasteiger charge is 2.32. The summed E-state index contributed by atoms with van der Waals surface area (Å²) in [5.41, 5.74) is 0.622. The van der Waals surface area contributed by atoms with E-state index in [-0.39, 0.29) is 18.8 Å². The number of aromatic nitrogens is 2. The average molecular weight is 478 g/mol. The van der Waals surface area contributed by atoms with E-state index in [0.717, 1.165) is 12.1 Å². The number of benzene rings is 2. The molecule has 0 spiro atoms. The molecule has 0 fully saturated rings. The quantitative estimate of drug-likeness (QED) is 0.539. The van der Waals surface area contributed by atoms with Crippen LogP contribution in [0.2, 0.25) is 5.02 Å². The number of carbonyl (C=O) groups excluding carboxylic acids is 1. The van der Waals surface area contributed by atoms with Crippen LogP contribution in [0, 0.1) is 5.82 Å². The van der Waals surface area contributed by atoms with Crippen molar-refractivity contribution in [2.24, 2.45) is 5.10 Å². The molecule has 4 rings (SSSR count). The van der Waals surface area contributed by atoms with Crippen molar-refractivity contribution in [3.05, 3.63) is 88.7 Å². The highest BCUT2D eigenvalue weighted by molar-refractivity contribution is 6.30. The van der Waals surface area contributed by atoms with Crippen molar-refractivity contribution < 1.29 is 22.4 Å². The molecule has 2 heterocycles. The highest BCUT2D eigenvalue weighted by Crippen LogP contribution is 2.30. The van der Waals surface area contributed by atoms with E-state index in [0.29, 0.717) is 22.1 Å². The predicted octanol–water partition coefficient (Wildman–Crippen LogP) is 4.73. The lowest BCUT2D eigenvalue weighted by atomic mass is 9.96. The minimum absolute atomic E-state index is 0.157. The van der Waals surface area contributed by atoms with Gasteiger partial charge in [0.2, 0.25) is 5.91 Å². The van der Waals surface area contributed by atoms with Crippen molar-refractivity contribution in [1.82, 2.24) is 15.0 Å². The zero-order chi connectivity index (χ0) is 23.6. The van der Waals surface area contributed by atoms with E-state index < -0.39 is 29.4 Å². The molecule has 0 radical (unpaired) electrons. The van der Waals surface area contributed by atoms with E-state index in [1.807, 2.05) is 0 Å². The van der Waals surface area contributed by atoms with Gasteiger partial charge in [0, 0.05) is 18.1 Å². The molecule has 1 aromatic heterocycles. The molecule has 1 aliphatic heterocycles. The number of amides is 1. The summed E-state index contributed by atoms with van der Waals surface area (Å²) in [6.45, 7) is 0.116. The topological polar surface area (TPSA) is 70.5 Å². The Kier molecular flexibility index (Phi) is 6.28. The zero-order valence-electron chi connectivity index (χ0n) is 16.9. The van der Waals surface area contributed by atoms with Crippen LogP contribution in [-0.2, 0) is 11.0 Å². The van der Waals surface area contributed by atoms with Crippen molar-refractivity contribution >= 4 is 28.9 Å². The van der Waals surface area contributed by atoms with Crippen LogP contribution in [0.25, 0.3) is 0 Å². The second-order valence-electron chi connectivity index (χ2n) is 7.27. The van der Waals surface area contributed by atoms with Crippen LogP contribution in [0.5, 0.6) is 0 Å². The van der Waals surface area contributed by atoms with E-state index in [9.17, 15) is 22.4 Å². The largest absolute Gasteiger partial charge is 0.416 e. The molecule has 1 amide bonds. The van der Waals surface area contributed by atoms with Gasteiger partial charge < -0.3 is 5.32 Å². The molecule has 1 aliphatic rings. The van der Waals surface area contributed by atoms with E-state index in [1.54, 1.807) is 12.1 Å². The molecule has 1 N–H and O–H groups in total. The standard InChI is InChI=1S/C22H16ClF4N5O/c23-15-9-28-21(29-10-15)18-11-32(31-20(18)13-1-5-16(24)6-2-13)12-19(33)30-17-7-3-14(4-8-17)22(25,26)27/h1-10,18H,11-12H2,(H,30,33). The minimum atomic E-state index is -4.46. The number of nitrogens with one attached hydrogen (secondary N) is 1. The molecule has 6 nitrogen and oxygen atoms in total. The second-order valence-corrected chi connectivity index (χ2v) is 7.71. The maximum Gasteiger partial charge on any atom is 0.416 e. The third kappa shape index (κ3) is 5.46. The molecule has 0 saturated heterocycles. The zero-order valence-corrected chi connectivity index (χ0v) is 17.6. The summed E-state index contributed by atoms with van der Waals surface area (Å²) in [5.74, 6) is -0.821. The number of hydrazone groups is 1. The first-order valence-corrected chi connectivity index (χ1v) is 10.1. The molecule has 2 aromatic carbocycles. The molecule has 11 heteroatoms. The number of anilines is 1. The van der Waals surface area contributed by atoms with Gasteiger partial charge in [-0.05, 0) is 42.0 Å². The fraction of sp³-hybridized carbons (Fsp3) is 0.182. The molecular weight excluding hydrogens is 462 g/mol. The first kappa shape index (κ1) is 22.7. The van der Waals surface area contributed by atoms with Gasteiger partial charge in [-0.1, -0.05) is 23.7 Å². The maximum atomic E-state index is 13.4. The summed E-state index contributed by atoms with van der Waals surface area (Å²) in [5, 5.41) is 8.92. The van der Waals surface area contributed by atoms with Gasteiger partial charge in [0.25, 0.3) is 0 Å². The average Bonchev–Trinajstić information content (AvgIpc) is 3.18. The lowest BCUT2D eigenvalue weighted by Gasteiger charge is -2.15. The van der Waals surface area contributed by atoms with Gasteiger partial charge in [-0.15, -0.1) is 0 Å². The minimum Gasteiger partial charge on any atom is -0.324 e. The van der Waals surface area contributed by atoms with Gasteiger partial charge in [-0.25, -0.2) is 14.4 Å². The third-order valence-electron chi connectivity index (χ3n) is 4.89. The number of nitrogens with zero attached hydrogens (tertiary/aromatic N) is 4. The second kappa shape index (κ2) is 9.14. The Labute approximate surface area is 190 Å². The molecule has 0 bridgehead atoms. The molecule has 0 saturated carbocycles. The Morgan fingerprint density at radius 1 is 1.06 bits per heavy atom. The number of alkyl halides is 3. The summed E-state index contributed by atoms with van der Waals surface area (Å²) in [4.78, 5) is 21.0. The van der Waals surface area contributed by atoms with Crippen LogP contribution >= 0.6 is 11.6 Å². The third-order valence-corrected chi connectivity index (χ3v) is 5.08. The molecule has 1 atom stereocenters. The lowest BCUT2D eigenvalue weighted by Crippen LogP contribution is -2.29. The Bertz CT molecular complexity index is 1170. The van der Waals surface area contributed by atoms with Crippen LogP contribution in [-0.4, -0.2) is 39.7 Å². The summed E-state index contributed by atoms with van der Waals surface area (Å²) >= 11 is 5.88. The van der Waals surface area contributed by atoms with E-state index >= 15 is 0 Å². The van der Waals surface area contributed by atoms with E-state index in [2.05, 4.69) is 20.4 Å².